The Bertz CT molecular complexity index is 284. The van der Waals surface area contributed by atoms with Crippen LogP contribution in [0.4, 0.5) is 0 Å². The maximum atomic E-state index is 6.85. The van der Waals surface area contributed by atoms with Crippen LogP contribution in [0, 0.1) is 0 Å². The molecule has 1 nitrogen and oxygen atoms in total. The van der Waals surface area contributed by atoms with Gasteiger partial charge in [-0.05, 0) is 25.7 Å². The minimum atomic E-state index is 0.189. The lowest BCUT2D eigenvalue weighted by Gasteiger charge is -2.35. The van der Waals surface area contributed by atoms with E-state index in [1.165, 1.54) is 154 Å². The maximum absolute atomic E-state index is 6.85. The number of hydrogen-bond acceptors (Lipinski definition) is 1. The minimum absolute atomic E-state index is 0.189. The molecule has 0 rings (SSSR count). The fourth-order valence-electron chi connectivity index (χ4n) is 4.91. The molecular weight excluding hydrogens is 376 g/mol. The van der Waals surface area contributed by atoms with Crippen LogP contribution >= 0.6 is 0 Å². The first-order chi connectivity index (χ1) is 15.2. The Balaban J connectivity index is 4.68. The Hall–Kier alpha value is -0.0400. The van der Waals surface area contributed by atoms with E-state index in [0.717, 1.165) is 6.61 Å². The molecule has 0 N–H and O–H groups in total. The van der Waals surface area contributed by atoms with Gasteiger partial charge in [0.25, 0.3) is 0 Å². The first-order valence-corrected chi connectivity index (χ1v) is 14.9. The zero-order chi connectivity index (χ0) is 22.9. The summed E-state index contributed by atoms with van der Waals surface area (Å²) in [4.78, 5) is 0. The predicted octanol–water partition coefficient (Wildman–Crippen LogP) is 11.2. The van der Waals surface area contributed by atoms with Gasteiger partial charge >= 0.3 is 0 Å². The number of ether oxygens (including phenoxy) is 1. The van der Waals surface area contributed by atoms with Crippen molar-refractivity contribution in [3.8, 4) is 0 Å². The van der Waals surface area contributed by atoms with E-state index in [0.29, 0.717) is 0 Å². The lowest BCUT2D eigenvalue weighted by atomic mass is 9.84. The molecule has 0 fully saturated rings. The van der Waals surface area contributed by atoms with Crippen molar-refractivity contribution in [2.45, 2.75) is 187 Å². The smallest absolute Gasteiger partial charge is 0.0682 e. The van der Waals surface area contributed by atoms with Crippen LogP contribution in [0.1, 0.15) is 182 Å². The van der Waals surface area contributed by atoms with Crippen molar-refractivity contribution < 1.29 is 4.74 Å². The predicted molar refractivity (Wildman–Crippen MR) is 142 cm³/mol. The van der Waals surface area contributed by atoms with Crippen molar-refractivity contribution in [2.75, 3.05) is 6.61 Å². The molecule has 1 heteroatoms. The summed E-state index contributed by atoms with van der Waals surface area (Å²) in [5.74, 6) is 0. The molecule has 0 unspecified atom stereocenters. The highest BCUT2D eigenvalue weighted by Crippen LogP contribution is 2.33. The summed E-state index contributed by atoms with van der Waals surface area (Å²) in [5, 5.41) is 0. The average Bonchev–Trinajstić information content (AvgIpc) is 2.78. The van der Waals surface area contributed by atoms with E-state index in [4.69, 9.17) is 4.74 Å². The van der Waals surface area contributed by atoms with E-state index in [2.05, 4.69) is 27.7 Å². The SMILES string of the molecule is CCCCCCCCC(CCCCCC)(CCCCCCCC)OCCCCCCC. The summed E-state index contributed by atoms with van der Waals surface area (Å²) in [6, 6.07) is 0. The van der Waals surface area contributed by atoms with Crippen molar-refractivity contribution in [3.05, 3.63) is 0 Å². The molecule has 188 valence electrons. The molecule has 0 aromatic rings. The first kappa shape index (κ1) is 31.0. The van der Waals surface area contributed by atoms with E-state index < -0.39 is 0 Å². The van der Waals surface area contributed by atoms with Crippen LogP contribution in [0.25, 0.3) is 0 Å². The molecule has 0 heterocycles. The Kier molecular flexibility index (Phi) is 24.6. The van der Waals surface area contributed by atoms with Gasteiger partial charge in [0.2, 0.25) is 0 Å². The highest BCUT2D eigenvalue weighted by atomic mass is 16.5. The molecule has 0 amide bonds. The Morgan fingerprint density at radius 1 is 0.355 bits per heavy atom. The molecule has 0 atom stereocenters. The van der Waals surface area contributed by atoms with Crippen LogP contribution in [0.3, 0.4) is 0 Å². The van der Waals surface area contributed by atoms with Gasteiger partial charge in [-0.2, -0.15) is 0 Å². The summed E-state index contributed by atoms with van der Waals surface area (Å²) in [5.41, 5.74) is 0.189. The Morgan fingerprint density at radius 2 is 0.645 bits per heavy atom. The van der Waals surface area contributed by atoms with Gasteiger partial charge in [0, 0.05) is 6.61 Å². The maximum Gasteiger partial charge on any atom is 0.0682 e. The van der Waals surface area contributed by atoms with E-state index >= 15 is 0 Å². The lowest BCUT2D eigenvalue weighted by Crippen LogP contribution is -2.33. The van der Waals surface area contributed by atoms with Crippen LogP contribution in [0.5, 0.6) is 0 Å². The van der Waals surface area contributed by atoms with Gasteiger partial charge < -0.3 is 4.74 Å². The van der Waals surface area contributed by atoms with E-state index in [-0.39, 0.29) is 5.60 Å². The van der Waals surface area contributed by atoms with Crippen LogP contribution in [-0.2, 0) is 4.74 Å². The van der Waals surface area contributed by atoms with Crippen LogP contribution in [0.15, 0.2) is 0 Å². The summed E-state index contributed by atoms with van der Waals surface area (Å²) in [6.07, 6.45) is 33.0. The van der Waals surface area contributed by atoms with Crippen molar-refractivity contribution in [3.63, 3.8) is 0 Å². The summed E-state index contributed by atoms with van der Waals surface area (Å²) in [6.45, 7) is 10.3. The van der Waals surface area contributed by atoms with Crippen LogP contribution < -0.4 is 0 Å². The van der Waals surface area contributed by atoms with Crippen molar-refractivity contribution >= 4 is 0 Å². The number of hydrogen-bond donors (Lipinski definition) is 0. The third-order valence-electron chi connectivity index (χ3n) is 7.11. The van der Waals surface area contributed by atoms with Crippen molar-refractivity contribution in [1.82, 2.24) is 0 Å². The van der Waals surface area contributed by atoms with E-state index in [1.807, 2.05) is 0 Å². The zero-order valence-corrected chi connectivity index (χ0v) is 22.6. The standard InChI is InChI=1S/C30H62O/c1-5-9-13-17-19-23-27-30(26-22-16-12-8-4,28-24-20-18-14-10-6-2)31-29-25-21-15-11-7-3/h5-29H2,1-4H3. The molecule has 0 bridgehead atoms. The summed E-state index contributed by atoms with van der Waals surface area (Å²) >= 11 is 0. The quantitative estimate of drug-likeness (QED) is 0.122. The van der Waals surface area contributed by atoms with Gasteiger partial charge in [-0.3, -0.25) is 0 Å². The van der Waals surface area contributed by atoms with Gasteiger partial charge in [0.05, 0.1) is 5.60 Å². The fraction of sp³-hybridized carbons (Fsp3) is 1.00. The minimum Gasteiger partial charge on any atom is -0.375 e. The second-order valence-corrected chi connectivity index (χ2v) is 10.3. The van der Waals surface area contributed by atoms with Crippen LogP contribution in [0.2, 0.25) is 0 Å². The molecule has 0 spiro atoms. The third-order valence-corrected chi connectivity index (χ3v) is 7.11. The second kappa shape index (κ2) is 24.6. The number of unbranched alkanes of at least 4 members (excludes halogenated alkanes) is 17. The lowest BCUT2D eigenvalue weighted by molar-refractivity contribution is -0.0694. The van der Waals surface area contributed by atoms with E-state index in [1.54, 1.807) is 0 Å². The highest BCUT2D eigenvalue weighted by Gasteiger charge is 2.29. The van der Waals surface area contributed by atoms with Gasteiger partial charge in [0.15, 0.2) is 0 Å². The average molecular weight is 439 g/mol. The van der Waals surface area contributed by atoms with Crippen molar-refractivity contribution in [1.29, 1.82) is 0 Å². The highest BCUT2D eigenvalue weighted by molar-refractivity contribution is 4.81. The molecular formula is C30H62O. The van der Waals surface area contributed by atoms with Gasteiger partial charge in [-0.25, -0.2) is 0 Å². The zero-order valence-electron chi connectivity index (χ0n) is 22.6. The summed E-state index contributed by atoms with van der Waals surface area (Å²) < 4.78 is 6.85. The largest absolute Gasteiger partial charge is 0.375 e. The Morgan fingerprint density at radius 3 is 1.03 bits per heavy atom. The molecule has 31 heavy (non-hydrogen) atoms. The molecule has 0 aliphatic carbocycles. The van der Waals surface area contributed by atoms with Gasteiger partial charge in [0.1, 0.15) is 0 Å². The molecule has 0 radical (unpaired) electrons. The molecule has 0 aliphatic heterocycles. The third kappa shape index (κ3) is 20.3. The normalized spacial score (nSPS) is 12.0. The van der Waals surface area contributed by atoms with Crippen LogP contribution in [-0.4, -0.2) is 12.2 Å². The fourth-order valence-corrected chi connectivity index (χ4v) is 4.91. The first-order valence-electron chi connectivity index (χ1n) is 14.9. The van der Waals surface area contributed by atoms with Gasteiger partial charge in [-0.15, -0.1) is 0 Å². The Labute approximate surface area is 198 Å². The van der Waals surface area contributed by atoms with Gasteiger partial charge in [-0.1, -0.05) is 156 Å². The topological polar surface area (TPSA) is 9.23 Å². The molecule has 0 saturated carbocycles. The molecule has 0 aromatic heterocycles. The second-order valence-electron chi connectivity index (χ2n) is 10.3. The van der Waals surface area contributed by atoms with Crippen molar-refractivity contribution in [2.24, 2.45) is 0 Å². The molecule has 0 aliphatic rings. The van der Waals surface area contributed by atoms with E-state index in [9.17, 15) is 0 Å². The summed E-state index contributed by atoms with van der Waals surface area (Å²) in [7, 11) is 0. The monoisotopic (exact) mass is 438 g/mol. The molecule has 0 aromatic carbocycles. The number of rotatable bonds is 26. The molecule has 0 saturated heterocycles.